The van der Waals surface area contributed by atoms with Crippen LogP contribution in [0.5, 0.6) is 0 Å². The molecule has 3 N–H and O–H groups in total. The maximum atomic E-state index is 13.1. The molecule has 3 aromatic rings. The molecule has 0 radical (unpaired) electrons. The lowest BCUT2D eigenvalue weighted by atomic mass is 10.0. The zero-order valence-corrected chi connectivity index (χ0v) is 25.1. The number of hydrogen-bond donors (Lipinski definition) is 3. The van der Waals surface area contributed by atoms with Gasteiger partial charge in [-0.15, -0.1) is 0 Å². The summed E-state index contributed by atoms with van der Waals surface area (Å²) >= 11 is 0. The molecule has 1 unspecified atom stereocenters. The molecule has 242 valence electrons. The Morgan fingerprint density at radius 1 is 0.913 bits per heavy atom. The van der Waals surface area contributed by atoms with E-state index in [0.717, 1.165) is 30.2 Å². The van der Waals surface area contributed by atoms with Gasteiger partial charge in [0, 0.05) is 80.9 Å². The Balaban J connectivity index is 0.945. The minimum atomic E-state index is -4.37. The largest absolute Gasteiger partial charge is 0.416 e. The first kappa shape index (κ1) is 31.1. The smallest absolute Gasteiger partial charge is 0.385 e. The number of hydrogen-bond acceptors (Lipinski definition) is 9. The molecule has 1 atom stereocenters. The predicted molar refractivity (Wildman–Crippen MR) is 167 cm³/mol. The number of alkyl halides is 3. The Hall–Kier alpha value is -4.88. The standard InChI is InChI=1S/C32H35F3N8O3/c33-32(34,35)21-5-3-6-22(19-21)41-15-17-42(18-16-41)31-38-14-11-27(39-31)37-13-2-1-12-36-25-8-4-7-23-24(25)20-43(30(23)46)26-9-10-28(44)40-29(26)45/h3-8,11,14,19,26,36H,1-2,9-10,12-13,15-18,20H2,(H,37,38,39)(H,40,44,45). The molecule has 11 nitrogen and oxygen atoms in total. The highest BCUT2D eigenvalue weighted by molar-refractivity contribution is 6.06. The second-order valence-corrected chi connectivity index (χ2v) is 11.6. The van der Waals surface area contributed by atoms with E-state index in [1.807, 2.05) is 21.9 Å². The Morgan fingerprint density at radius 2 is 1.65 bits per heavy atom. The van der Waals surface area contributed by atoms with Crippen LogP contribution in [0.2, 0.25) is 0 Å². The van der Waals surface area contributed by atoms with E-state index in [9.17, 15) is 27.6 Å². The second kappa shape index (κ2) is 13.2. The fourth-order valence-corrected chi connectivity index (χ4v) is 6.08. The molecule has 3 aliphatic rings. The molecule has 2 fully saturated rings. The van der Waals surface area contributed by atoms with Crippen molar-refractivity contribution in [2.45, 2.75) is 44.4 Å². The summed E-state index contributed by atoms with van der Waals surface area (Å²) < 4.78 is 39.4. The van der Waals surface area contributed by atoms with E-state index >= 15 is 0 Å². The van der Waals surface area contributed by atoms with Gasteiger partial charge in [-0.05, 0) is 55.7 Å². The van der Waals surface area contributed by atoms with Crippen LogP contribution in [0.4, 0.5) is 36.3 Å². The number of benzene rings is 2. The molecule has 0 aliphatic carbocycles. The van der Waals surface area contributed by atoms with Gasteiger partial charge in [-0.25, -0.2) is 4.98 Å². The topological polar surface area (TPSA) is 123 Å². The molecule has 6 rings (SSSR count). The second-order valence-electron chi connectivity index (χ2n) is 11.6. The first-order chi connectivity index (χ1) is 22.2. The highest BCUT2D eigenvalue weighted by atomic mass is 19.4. The van der Waals surface area contributed by atoms with Gasteiger partial charge in [0.1, 0.15) is 11.9 Å². The number of carbonyl (C=O) groups excluding carboxylic acids is 3. The molecular weight excluding hydrogens is 601 g/mol. The average Bonchev–Trinajstić information content (AvgIpc) is 3.39. The highest BCUT2D eigenvalue weighted by Gasteiger charge is 2.39. The summed E-state index contributed by atoms with van der Waals surface area (Å²) in [5.41, 5.74) is 2.21. The number of piperidine rings is 1. The molecular formula is C32H35F3N8O3. The summed E-state index contributed by atoms with van der Waals surface area (Å²) in [6.07, 6.45) is -0.415. The zero-order valence-electron chi connectivity index (χ0n) is 25.1. The SMILES string of the molecule is O=C1CCC(N2Cc3c(NCCCCNc4ccnc(N5CCN(c6cccc(C(F)(F)F)c6)CC5)n4)cccc3C2=O)C(=O)N1. The minimum absolute atomic E-state index is 0.195. The quantitative estimate of drug-likeness (QED) is 0.225. The van der Waals surface area contributed by atoms with Crippen LogP contribution in [0.15, 0.2) is 54.7 Å². The Kier molecular flexibility index (Phi) is 8.95. The molecule has 2 aromatic carbocycles. The van der Waals surface area contributed by atoms with Crippen molar-refractivity contribution in [3.8, 4) is 0 Å². The lowest BCUT2D eigenvalue weighted by Crippen LogP contribution is -2.52. The van der Waals surface area contributed by atoms with E-state index in [0.29, 0.717) is 75.3 Å². The van der Waals surface area contributed by atoms with E-state index in [1.54, 1.807) is 29.3 Å². The number of unbranched alkanes of at least 4 members (excludes halogenated alkanes) is 1. The minimum Gasteiger partial charge on any atom is -0.385 e. The number of rotatable bonds is 10. The van der Waals surface area contributed by atoms with Crippen LogP contribution in [-0.4, -0.2) is 77.9 Å². The number of halogens is 3. The van der Waals surface area contributed by atoms with Crippen LogP contribution >= 0.6 is 0 Å². The third-order valence-corrected chi connectivity index (χ3v) is 8.55. The van der Waals surface area contributed by atoms with Crippen molar-refractivity contribution in [3.05, 3.63) is 71.4 Å². The molecule has 3 aliphatic heterocycles. The van der Waals surface area contributed by atoms with Crippen LogP contribution in [0, 0.1) is 0 Å². The van der Waals surface area contributed by atoms with Crippen LogP contribution in [0.1, 0.15) is 47.2 Å². The first-order valence-electron chi connectivity index (χ1n) is 15.4. The Morgan fingerprint density at radius 3 is 2.41 bits per heavy atom. The molecule has 1 aromatic heterocycles. The van der Waals surface area contributed by atoms with Gasteiger partial charge < -0.3 is 25.3 Å². The molecule has 2 saturated heterocycles. The summed E-state index contributed by atoms with van der Waals surface area (Å²) in [6.45, 7) is 4.00. The van der Waals surface area contributed by atoms with Crippen LogP contribution in [0.3, 0.4) is 0 Å². The van der Waals surface area contributed by atoms with E-state index in [1.165, 1.54) is 12.1 Å². The normalized spacial score (nSPS) is 18.5. The van der Waals surface area contributed by atoms with Gasteiger partial charge in [0.25, 0.3) is 5.91 Å². The monoisotopic (exact) mass is 636 g/mol. The summed E-state index contributed by atoms with van der Waals surface area (Å²) in [6, 6.07) is 12.1. The molecule has 3 amide bonds. The van der Waals surface area contributed by atoms with Crippen molar-refractivity contribution in [1.29, 1.82) is 0 Å². The van der Waals surface area contributed by atoms with Crippen molar-refractivity contribution in [2.24, 2.45) is 0 Å². The lowest BCUT2D eigenvalue weighted by molar-refractivity contribution is -0.138. The van der Waals surface area contributed by atoms with E-state index in [2.05, 4.69) is 25.9 Å². The van der Waals surface area contributed by atoms with Crippen LogP contribution < -0.4 is 25.8 Å². The lowest BCUT2D eigenvalue weighted by Gasteiger charge is -2.36. The van der Waals surface area contributed by atoms with Crippen LogP contribution in [0.25, 0.3) is 0 Å². The van der Waals surface area contributed by atoms with Crippen LogP contribution in [-0.2, 0) is 22.3 Å². The fraction of sp³-hybridized carbons (Fsp3) is 0.406. The number of nitrogens with one attached hydrogen (secondary N) is 3. The molecule has 0 saturated carbocycles. The summed E-state index contributed by atoms with van der Waals surface area (Å²) in [5, 5.41) is 9.10. The Labute approximate surface area is 264 Å². The van der Waals surface area contributed by atoms with Crippen molar-refractivity contribution >= 4 is 40.9 Å². The number of anilines is 4. The van der Waals surface area contributed by atoms with E-state index in [4.69, 9.17) is 0 Å². The van der Waals surface area contributed by atoms with Crippen molar-refractivity contribution in [1.82, 2.24) is 20.2 Å². The molecule has 0 spiro atoms. The van der Waals surface area contributed by atoms with Crippen molar-refractivity contribution in [3.63, 3.8) is 0 Å². The number of aromatic nitrogens is 2. The Bertz CT molecular complexity index is 1610. The summed E-state index contributed by atoms with van der Waals surface area (Å²) in [4.78, 5) is 51.5. The maximum absolute atomic E-state index is 13.1. The van der Waals surface area contributed by atoms with Gasteiger partial charge in [0.05, 0.1) is 5.56 Å². The molecule has 46 heavy (non-hydrogen) atoms. The van der Waals surface area contributed by atoms with Gasteiger partial charge in [-0.1, -0.05) is 12.1 Å². The number of fused-ring (bicyclic) bond motifs is 1. The molecule has 0 bridgehead atoms. The fourth-order valence-electron chi connectivity index (χ4n) is 6.08. The van der Waals surface area contributed by atoms with E-state index in [-0.39, 0.29) is 18.2 Å². The average molecular weight is 637 g/mol. The number of imide groups is 1. The zero-order chi connectivity index (χ0) is 32.3. The number of carbonyl (C=O) groups is 3. The maximum Gasteiger partial charge on any atom is 0.416 e. The van der Waals surface area contributed by atoms with Gasteiger partial charge >= 0.3 is 6.18 Å². The summed E-state index contributed by atoms with van der Waals surface area (Å²) in [5.74, 6) is 0.349. The van der Waals surface area contributed by atoms with Crippen molar-refractivity contribution in [2.75, 3.05) is 59.7 Å². The van der Waals surface area contributed by atoms with E-state index < -0.39 is 23.7 Å². The van der Waals surface area contributed by atoms with Gasteiger partial charge in [-0.3, -0.25) is 19.7 Å². The number of piperazine rings is 1. The number of nitrogens with zero attached hydrogens (tertiary/aromatic N) is 5. The third-order valence-electron chi connectivity index (χ3n) is 8.55. The predicted octanol–water partition coefficient (Wildman–Crippen LogP) is 3.89. The first-order valence-corrected chi connectivity index (χ1v) is 15.4. The highest BCUT2D eigenvalue weighted by Crippen LogP contribution is 2.33. The molecule has 4 heterocycles. The summed E-state index contributed by atoms with van der Waals surface area (Å²) in [7, 11) is 0. The third kappa shape index (κ3) is 6.85. The van der Waals surface area contributed by atoms with Gasteiger partial charge in [0.15, 0.2) is 0 Å². The van der Waals surface area contributed by atoms with Gasteiger partial charge in [-0.2, -0.15) is 18.2 Å². The number of amides is 3. The van der Waals surface area contributed by atoms with Gasteiger partial charge in [0.2, 0.25) is 17.8 Å². The van der Waals surface area contributed by atoms with Crippen molar-refractivity contribution < 1.29 is 27.6 Å². The molecule has 14 heteroatoms.